The quantitative estimate of drug-likeness (QED) is 0.285. The standard InChI is InChI=1S/C34H40FN3O5/c1-21-26(13-7-14-29(21)35)31-27(32(41)22-9-5-11-24(39)17-22)19-38(16-8-15-30(37(3)4)34(43)36-2)20-28(31)33(42)23-10-6-12-25(40)18-23/h5-7,9-14,17-18,27-28,30-31,39-40H,8,15-16,19-20H2,1-4H3,(H,36,43)/t27-,28+,30-,31-/m1/s1. The highest BCUT2D eigenvalue weighted by molar-refractivity contribution is 6.02. The van der Waals surface area contributed by atoms with E-state index < -0.39 is 23.6 Å². The number of hydrogen-bond donors (Lipinski definition) is 3. The number of amides is 1. The highest BCUT2D eigenvalue weighted by Gasteiger charge is 2.45. The van der Waals surface area contributed by atoms with Crippen molar-refractivity contribution in [1.29, 1.82) is 0 Å². The van der Waals surface area contributed by atoms with E-state index >= 15 is 0 Å². The smallest absolute Gasteiger partial charge is 0.237 e. The second-order valence-electron chi connectivity index (χ2n) is 11.5. The van der Waals surface area contributed by atoms with Crippen LogP contribution in [0.2, 0.25) is 0 Å². The Kier molecular flexibility index (Phi) is 10.3. The largest absolute Gasteiger partial charge is 0.508 e. The fourth-order valence-corrected chi connectivity index (χ4v) is 6.28. The van der Waals surface area contributed by atoms with Gasteiger partial charge in [-0.05, 0) is 81.9 Å². The van der Waals surface area contributed by atoms with Gasteiger partial charge in [-0.25, -0.2) is 4.39 Å². The molecule has 9 heteroatoms. The summed E-state index contributed by atoms with van der Waals surface area (Å²) >= 11 is 0. The van der Waals surface area contributed by atoms with Gasteiger partial charge in [0.15, 0.2) is 11.6 Å². The van der Waals surface area contributed by atoms with Crippen LogP contribution in [0.3, 0.4) is 0 Å². The normalized spacial score (nSPS) is 19.6. The second kappa shape index (κ2) is 13.9. The van der Waals surface area contributed by atoms with E-state index in [1.807, 2.05) is 19.0 Å². The van der Waals surface area contributed by atoms with Crippen molar-refractivity contribution in [2.75, 3.05) is 40.8 Å². The van der Waals surface area contributed by atoms with Crippen molar-refractivity contribution < 1.29 is 29.0 Å². The predicted octanol–water partition coefficient (Wildman–Crippen LogP) is 4.40. The monoisotopic (exact) mass is 589 g/mol. The molecular weight excluding hydrogens is 549 g/mol. The third kappa shape index (κ3) is 7.29. The molecule has 0 bridgehead atoms. The lowest BCUT2D eigenvalue weighted by atomic mass is 9.67. The van der Waals surface area contributed by atoms with Gasteiger partial charge in [-0.3, -0.25) is 19.3 Å². The number of phenols is 2. The summed E-state index contributed by atoms with van der Waals surface area (Å²) in [5, 5.41) is 23.0. The summed E-state index contributed by atoms with van der Waals surface area (Å²) in [7, 11) is 5.30. The van der Waals surface area contributed by atoms with Gasteiger partial charge in [-0.15, -0.1) is 0 Å². The SMILES string of the molecule is CNC(=O)[C@@H](CCCN1C[C@H](C(=O)c2cccc(O)c2)[C@H](c2cccc(F)c2C)[C@H](C(=O)c2cccc(O)c2)C1)N(C)C. The van der Waals surface area contributed by atoms with Crippen molar-refractivity contribution in [3.8, 4) is 11.5 Å². The highest BCUT2D eigenvalue weighted by Crippen LogP contribution is 2.43. The summed E-state index contributed by atoms with van der Waals surface area (Å²) in [5.41, 5.74) is 1.58. The predicted molar refractivity (Wildman–Crippen MR) is 163 cm³/mol. The van der Waals surface area contributed by atoms with Crippen LogP contribution in [0.15, 0.2) is 66.7 Å². The van der Waals surface area contributed by atoms with Crippen molar-refractivity contribution in [2.45, 2.75) is 31.7 Å². The van der Waals surface area contributed by atoms with Crippen molar-refractivity contribution >= 4 is 17.5 Å². The van der Waals surface area contributed by atoms with Crippen LogP contribution in [-0.4, -0.2) is 84.3 Å². The number of hydrogen-bond acceptors (Lipinski definition) is 7. The highest BCUT2D eigenvalue weighted by atomic mass is 19.1. The Balaban J connectivity index is 1.76. The lowest BCUT2D eigenvalue weighted by molar-refractivity contribution is -0.125. The summed E-state index contributed by atoms with van der Waals surface area (Å²) in [6, 6.07) is 16.7. The van der Waals surface area contributed by atoms with Gasteiger partial charge in [-0.1, -0.05) is 36.4 Å². The van der Waals surface area contributed by atoms with Crippen molar-refractivity contribution in [3.05, 3.63) is 94.8 Å². The van der Waals surface area contributed by atoms with E-state index in [9.17, 15) is 29.0 Å². The average molecular weight is 590 g/mol. The molecule has 0 aromatic heterocycles. The molecular formula is C34H40FN3O5. The third-order valence-electron chi connectivity index (χ3n) is 8.50. The molecule has 43 heavy (non-hydrogen) atoms. The van der Waals surface area contributed by atoms with Crippen LogP contribution in [0, 0.1) is 24.6 Å². The first-order valence-corrected chi connectivity index (χ1v) is 14.5. The summed E-state index contributed by atoms with van der Waals surface area (Å²) in [5.74, 6) is -3.22. The number of nitrogens with one attached hydrogen (secondary N) is 1. The van der Waals surface area contributed by atoms with Crippen LogP contribution in [0.1, 0.15) is 50.6 Å². The second-order valence-corrected chi connectivity index (χ2v) is 11.5. The number of nitrogens with zero attached hydrogens (tertiary/aromatic N) is 2. The van der Waals surface area contributed by atoms with E-state index in [-0.39, 0.29) is 35.0 Å². The molecule has 0 aliphatic carbocycles. The molecule has 1 saturated heterocycles. The van der Waals surface area contributed by atoms with Gasteiger partial charge in [0.2, 0.25) is 5.91 Å². The van der Waals surface area contributed by atoms with Crippen LogP contribution in [-0.2, 0) is 4.79 Å². The molecule has 0 unspecified atom stereocenters. The maximum Gasteiger partial charge on any atom is 0.237 e. The molecule has 4 rings (SSSR count). The molecule has 4 atom stereocenters. The Labute approximate surface area is 252 Å². The molecule has 0 radical (unpaired) electrons. The Bertz CT molecular complexity index is 1410. The number of ketones is 2. The zero-order valence-corrected chi connectivity index (χ0v) is 25.1. The molecule has 1 fully saturated rings. The summed E-state index contributed by atoms with van der Waals surface area (Å²) in [6.45, 7) is 2.81. The molecule has 3 N–H and O–H groups in total. The van der Waals surface area contributed by atoms with Gasteiger partial charge in [0.05, 0.1) is 6.04 Å². The molecule has 0 saturated carbocycles. The maximum atomic E-state index is 14.9. The van der Waals surface area contributed by atoms with Crippen LogP contribution < -0.4 is 5.32 Å². The summed E-state index contributed by atoms with van der Waals surface area (Å²) in [6.07, 6.45) is 1.21. The van der Waals surface area contributed by atoms with Crippen LogP contribution >= 0.6 is 0 Å². The molecule has 228 valence electrons. The first-order valence-electron chi connectivity index (χ1n) is 14.5. The molecule has 8 nitrogen and oxygen atoms in total. The minimum atomic E-state index is -0.731. The van der Waals surface area contributed by atoms with E-state index in [0.29, 0.717) is 54.7 Å². The minimum Gasteiger partial charge on any atom is -0.508 e. The number of carbonyl (C=O) groups excluding carboxylic acids is 3. The zero-order chi connectivity index (χ0) is 31.3. The number of phenolic OH excluding ortho intramolecular Hbond substituents is 2. The Hall–Kier alpha value is -4.08. The molecule has 3 aromatic rings. The number of likely N-dealkylation sites (N-methyl/N-ethyl adjacent to an activating group) is 2. The van der Waals surface area contributed by atoms with Gasteiger partial charge in [0.1, 0.15) is 17.3 Å². The third-order valence-corrected chi connectivity index (χ3v) is 8.50. The number of halogens is 1. The molecule has 1 aliphatic heterocycles. The van der Waals surface area contributed by atoms with E-state index in [0.717, 1.165) is 0 Å². The molecule has 1 heterocycles. The Morgan fingerprint density at radius 1 is 0.930 bits per heavy atom. The average Bonchev–Trinajstić information content (AvgIpc) is 2.99. The molecule has 1 amide bonds. The molecule has 3 aromatic carbocycles. The number of carbonyl (C=O) groups is 3. The number of benzene rings is 3. The van der Waals surface area contributed by atoms with Crippen LogP contribution in [0.5, 0.6) is 11.5 Å². The first kappa shape index (κ1) is 31.8. The minimum absolute atomic E-state index is 0.0479. The number of aromatic hydroxyl groups is 2. The lowest BCUT2D eigenvalue weighted by Gasteiger charge is -2.43. The maximum absolute atomic E-state index is 14.9. The summed E-state index contributed by atoms with van der Waals surface area (Å²) in [4.78, 5) is 44.7. The van der Waals surface area contributed by atoms with Gasteiger partial charge < -0.3 is 20.4 Å². The van der Waals surface area contributed by atoms with Gasteiger partial charge in [-0.2, -0.15) is 0 Å². The number of rotatable bonds is 11. The number of Topliss-reactive ketones (excluding diaryl/α,β-unsaturated/α-hetero) is 2. The summed E-state index contributed by atoms with van der Waals surface area (Å²) < 4.78 is 14.9. The number of likely N-dealkylation sites (tertiary alicyclic amines) is 1. The van der Waals surface area contributed by atoms with Gasteiger partial charge >= 0.3 is 0 Å². The van der Waals surface area contributed by atoms with Crippen molar-refractivity contribution in [1.82, 2.24) is 15.1 Å². The van der Waals surface area contributed by atoms with Gasteiger partial charge in [0.25, 0.3) is 0 Å². The fraction of sp³-hybridized carbons (Fsp3) is 0.382. The fourth-order valence-electron chi connectivity index (χ4n) is 6.28. The topological polar surface area (TPSA) is 110 Å². The van der Waals surface area contributed by atoms with E-state index in [4.69, 9.17) is 0 Å². The van der Waals surface area contributed by atoms with E-state index in [2.05, 4.69) is 10.2 Å². The molecule has 1 aliphatic rings. The van der Waals surface area contributed by atoms with Gasteiger partial charge in [0, 0.05) is 49.0 Å². The zero-order valence-electron chi connectivity index (χ0n) is 25.1. The lowest BCUT2D eigenvalue weighted by Crippen LogP contribution is -2.51. The van der Waals surface area contributed by atoms with Crippen molar-refractivity contribution in [3.63, 3.8) is 0 Å². The van der Waals surface area contributed by atoms with Crippen molar-refractivity contribution in [2.24, 2.45) is 11.8 Å². The van der Waals surface area contributed by atoms with Crippen LogP contribution in [0.25, 0.3) is 0 Å². The molecule has 0 spiro atoms. The van der Waals surface area contributed by atoms with Crippen LogP contribution in [0.4, 0.5) is 4.39 Å². The number of piperidine rings is 1. The van der Waals surface area contributed by atoms with E-state index in [1.165, 1.54) is 30.3 Å². The van der Waals surface area contributed by atoms with E-state index in [1.54, 1.807) is 50.4 Å². The first-order chi connectivity index (χ1) is 20.5. The Morgan fingerprint density at radius 2 is 1.47 bits per heavy atom. The Morgan fingerprint density at radius 3 is 1.95 bits per heavy atom.